The zero-order valence-electron chi connectivity index (χ0n) is 17.3. The van der Waals surface area contributed by atoms with Crippen molar-refractivity contribution in [2.24, 2.45) is 16.6 Å². The van der Waals surface area contributed by atoms with Gasteiger partial charge in [0.1, 0.15) is 11.6 Å². The Bertz CT molecular complexity index is 722. The summed E-state index contributed by atoms with van der Waals surface area (Å²) < 4.78 is 40.2. The lowest BCUT2D eigenvalue weighted by molar-refractivity contribution is -0.274. The molecule has 1 aromatic rings. The number of carbonyl (C=O) groups excluding carboxylic acids is 1. The van der Waals surface area contributed by atoms with E-state index in [9.17, 15) is 18.0 Å². The number of amides is 2. The van der Waals surface area contributed by atoms with Crippen molar-refractivity contribution in [1.29, 1.82) is 0 Å². The number of benzene rings is 1. The highest BCUT2D eigenvalue weighted by Gasteiger charge is 2.31. The Morgan fingerprint density at radius 1 is 1.33 bits per heavy atom. The molecule has 0 radical (unpaired) electrons. The van der Waals surface area contributed by atoms with Gasteiger partial charge in [0.05, 0.1) is 0 Å². The fourth-order valence-corrected chi connectivity index (χ4v) is 2.68. The molecule has 0 bridgehead atoms. The first-order chi connectivity index (χ1) is 14.2. The van der Waals surface area contributed by atoms with Crippen molar-refractivity contribution in [2.45, 2.75) is 26.6 Å². The topological polar surface area (TPSA) is 104 Å². The van der Waals surface area contributed by atoms with E-state index >= 15 is 0 Å². The number of nitrogens with two attached hydrogens (primary N) is 1. The van der Waals surface area contributed by atoms with Gasteiger partial charge in [0.15, 0.2) is 5.96 Å². The zero-order chi connectivity index (χ0) is 22.7. The minimum atomic E-state index is -4.75. The van der Waals surface area contributed by atoms with Crippen molar-refractivity contribution in [2.75, 3.05) is 32.0 Å². The van der Waals surface area contributed by atoms with E-state index in [1.54, 1.807) is 7.05 Å². The van der Waals surface area contributed by atoms with Crippen molar-refractivity contribution < 1.29 is 22.7 Å². The molecule has 1 atom stereocenters. The number of aliphatic imine (C=N–C) groups is 1. The lowest BCUT2D eigenvalue weighted by atomic mass is 10.1. The van der Waals surface area contributed by atoms with E-state index in [0.717, 1.165) is 25.1 Å². The van der Waals surface area contributed by atoms with Gasteiger partial charge in [-0.15, -0.1) is 13.2 Å². The molecule has 0 aromatic heterocycles. The second kappa shape index (κ2) is 11.8. The molecule has 11 heteroatoms. The molecule has 8 nitrogen and oxygen atoms in total. The third kappa shape index (κ3) is 8.93. The van der Waals surface area contributed by atoms with E-state index in [1.165, 1.54) is 12.1 Å². The molecule has 0 spiro atoms. The average molecular weight is 430 g/mol. The van der Waals surface area contributed by atoms with Gasteiger partial charge >= 0.3 is 12.4 Å². The fraction of sp³-hybridized carbons (Fsp3) is 0.474. The number of likely N-dealkylation sites (tertiary alicyclic amines) is 1. The second-order valence-corrected chi connectivity index (χ2v) is 6.19. The summed E-state index contributed by atoms with van der Waals surface area (Å²) in [4.78, 5) is 17.8. The number of ether oxygens (including phenoxy) is 1. The van der Waals surface area contributed by atoms with E-state index in [4.69, 9.17) is 5.73 Å². The van der Waals surface area contributed by atoms with Crippen LogP contribution in [0.3, 0.4) is 0 Å². The van der Waals surface area contributed by atoms with Crippen molar-refractivity contribution in [1.82, 2.24) is 15.5 Å². The largest absolute Gasteiger partial charge is 0.573 e. The lowest BCUT2D eigenvalue weighted by Crippen LogP contribution is -2.38. The number of urea groups is 1. The molecule has 2 amide bonds. The molecule has 1 unspecified atom stereocenters. The van der Waals surface area contributed by atoms with Gasteiger partial charge < -0.3 is 31.3 Å². The van der Waals surface area contributed by atoms with Crippen molar-refractivity contribution in [3.8, 4) is 5.75 Å². The summed E-state index contributed by atoms with van der Waals surface area (Å²) in [6.07, 6.45) is -3.88. The minimum absolute atomic E-state index is 0.228. The number of nitrogens with zero attached hydrogens (tertiary/aromatic N) is 2. The summed E-state index contributed by atoms with van der Waals surface area (Å²) in [6, 6.07) is 4.46. The average Bonchev–Trinajstić information content (AvgIpc) is 3.17. The summed E-state index contributed by atoms with van der Waals surface area (Å²) in [5.74, 6) is 0.799. The maximum Gasteiger partial charge on any atom is 0.573 e. The molecule has 1 saturated heterocycles. The Labute approximate surface area is 174 Å². The molecule has 1 heterocycles. The Morgan fingerprint density at radius 3 is 2.53 bits per heavy atom. The van der Waals surface area contributed by atoms with Crippen molar-refractivity contribution in [3.63, 3.8) is 0 Å². The first-order valence-corrected chi connectivity index (χ1v) is 9.50. The predicted octanol–water partition coefficient (Wildman–Crippen LogP) is 3.06. The van der Waals surface area contributed by atoms with Crippen molar-refractivity contribution in [3.05, 3.63) is 36.7 Å². The number of guanidine groups is 1. The van der Waals surface area contributed by atoms with Crippen LogP contribution in [0.1, 0.15) is 20.3 Å². The molecule has 168 valence electrons. The molecule has 2 rings (SSSR count). The lowest BCUT2D eigenvalue weighted by Gasteiger charge is -2.22. The maximum atomic E-state index is 12.1. The number of carbonyl (C=O) groups is 1. The molecule has 30 heavy (non-hydrogen) atoms. The number of rotatable bonds is 6. The van der Waals surface area contributed by atoms with Gasteiger partial charge in [0, 0.05) is 32.4 Å². The van der Waals surface area contributed by atoms with Gasteiger partial charge in [0.2, 0.25) is 0 Å². The molecular formula is C19H29F3N6O2. The number of anilines is 1. The highest BCUT2D eigenvalue weighted by Crippen LogP contribution is 2.24. The van der Waals surface area contributed by atoms with Crippen LogP contribution in [-0.4, -0.2) is 49.9 Å². The number of halogens is 3. The molecule has 1 aromatic carbocycles. The number of hydrogen-bond donors (Lipinski definition) is 4. The van der Waals surface area contributed by atoms with Crippen LogP contribution in [0.5, 0.6) is 5.75 Å². The Hall–Kier alpha value is -3.11. The van der Waals surface area contributed by atoms with E-state index in [-0.39, 0.29) is 17.6 Å². The smallest absolute Gasteiger partial charge is 0.406 e. The van der Waals surface area contributed by atoms with E-state index in [1.807, 2.05) is 18.7 Å². The quantitative estimate of drug-likeness (QED) is 0.410. The number of nitrogens with one attached hydrogen (secondary N) is 3. The Morgan fingerprint density at radius 2 is 1.97 bits per heavy atom. The minimum Gasteiger partial charge on any atom is -0.406 e. The van der Waals surface area contributed by atoms with Crippen LogP contribution < -0.4 is 26.4 Å². The van der Waals surface area contributed by atoms with Crippen LogP contribution in [0.2, 0.25) is 0 Å². The maximum absolute atomic E-state index is 12.1. The highest BCUT2D eigenvalue weighted by atomic mass is 19.4. The molecule has 1 fully saturated rings. The van der Waals surface area contributed by atoms with E-state index < -0.39 is 12.4 Å². The molecule has 1 aliphatic heterocycles. The monoisotopic (exact) mass is 430 g/mol. The van der Waals surface area contributed by atoms with Crippen molar-refractivity contribution >= 4 is 17.7 Å². The van der Waals surface area contributed by atoms with Gasteiger partial charge in [-0.2, -0.15) is 0 Å². The van der Waals surface area contributed by atoms with Gasteiger partial charge in [-0.25, -0.2) is 4.79 Å². The highest BCUT2D eigenvalue weighted by molar-refractivity contribution is 5.89. The van der Waals surface area contributed by atoms with E-state index in [0.29, 0.717) is 24.6 Å². The van der Waals surface area contributed by atoms with Crippen LogP contribution in [0.25, 0.3) is 0 Å². The Balaban J connectivity index is 0.00000218. The summed E-state index contributed by atoms with van der Waals surface area (Å²) in [7, 11) is 1.57. The number of hydrogen-bond acceptors (Lipinski definition) is 4. The van der Waals surface area contributed by atoms with Crippen LogP contribution in [-0.2, 0) is 0 Å². The van der Waals surface area contributed by atoms with E-state index in [2.05, 4.69) is 32.3 Å². The molecule has 0 aliphatic carbocycles. The van der Waals surface area contributed by atoms with Crippen LogP contribution in [0, 0.1) is 5.92 Å². The van der Waals surface area contributed by atoms with Crippen LogP contribution in [0.4, 0.5) is 23.7 Å². The second-order valence-electron chi connectivity index (χ2n) is 6.19. The molecule has 5 N–H and O–H groups in total. The molecule has 0 saturated carbocycles. The normalized spacial score (nSPS) is 16.3. The van der Waals surface area contributed by atoms with Crippen LogP contribution >= 0.6 is 0 Å². The van der Waals surface area contributed by atoms with Gasteiger partial charge in [-0.05, 0) is 36.6 Å². The standard InChI is InChI=1S/C17H23F3N6O2.C2H6/c1-11(24-15(21)22-2)26-8-7-12(10-26)9-23-16(27)25-13-3-5-14(6-4-13)28-17(18,19)20;1-2/h3-6,12H,1,7-10H2,2H3,(H3,21,22,24)(H2,23,25,27);1-2H3. The summed E-state index contributed by atoms with van der Waals surface area (Å²) in [6.45, 7) is 9.84. The third-order valence-corrected chi connectivity index (χ3v) is 4.08. The summed E-state index contributed by atoms with van der Waals surface area (Å²) in [5, 5.41) is 8.20. The van der Waals surface area contributed by atoms with Gasteiger partial charge in [-0.1, -0.05) is 20.4 Å². The molecular weight excluding hydrogens is 401 g/mol. The first-order valence-electron chi connectivity index (χ1n) is 9.50. The van der Waals surface area contributed by atoms with Gasteiger partial charge in [0.25, 0.3) is 0 Å². The predicted molar refractivity (Wildman–Crippen MR) is 111 cm³/mol. The SMILES string of the molecule is C=C(NC(N)=NC)N1CCC(CNC(=O)Nc2ccc(OC(F)(F)F)cc2)C1.CC. The first kappa shape index (κ1) is 24.9. The zero-order valence-corrected chi connectivity index (χ0v) is 17.3. The summed E-state index contributed by atoms with van der Waals surface area (Å²) >= 11 is 0. The Kier molecular flexibility index (Phi) is 9.79. The van der Waals surface area contributed by atoms with Crippen LogP contribution in [0.15, 0.2) is 41.7 Å². The number of alkyl halides is 3. The third-order valence-electron chi connectivity index (χ3n) is 4.08. The summed E-state index contributed by atoms with van der Waals surface area (Å²) in [5.41, 5.74) is 5.96. The molecule has 1 aliphatic rings. The fourth-order valence-electron chi connectivity index (χ4n) is 2.68. The van der Waals surface area contributed by atoms with Gasteiger partial charge in [-0.3, -0.25) is 4.99 Å².